The van der Waals surface area contributed by atoms with Crippen molar-refractivity contribution in [2.75, 3.05) is 19.7 Å². The van der Waals surface area contributed by atoms with Gasteiger partial charge in [-0.1, -0.05) is 69.3 Å². The Hall–Kier alpha value is -3.35. The van der Waals surface area contributed by atoms with E-state index in [0.29, 0.717) is 13.0 Å². The van der Waals surface area contributed by atoms with Crippen molar-refractivity contribution < 1.29 is 24.2 Å². The van der Waals surface area contributed by atoms with Crippen LogP contribution in [-0.2, 0) is 14.3 Å². The minimum atomic E-state index is -0.843. The SMILES string of the molecule is CC(C)(C)[C@H](NC(=O)OCC1c2ccccc2-c2ccccc21)C(=O)N1CC2CC2(C(=O)O)C1. The van der Waals surface area contributed by atoms with Crippen LogP contribution in [0.3, 0.4) is 0 Å². The highest BCUT2D eigenvalue weighted by atomic mass is 16.5. The Morgan fingerprint density at radius 1 is 1.09 bits per heavy atom. The molecule has 7 nitrogen and oxygen atoms in total. The number of ether oxygens (including phenoxy) is 1. The fourth-order valence-corrected chi connectivity index (χ4v) is 5.57. The van der Waals surface area contributed by atoms with Gasteiger partial charge in [0.2, 0.25) is 5.91 Å². The zero-order valence-corrected chi connectivity index (χ0v) is 19.7. The first-order valence-electron chi connectivity index (χ1n) is 11.8. The van der Waals surface area contributed by atoms with Crippen molar-refractivity contribution in [3.05, 3.63) is 59.7 Å². The Morgan fingerprint density at radius 2 is 1.68 bits per heavy atom. The van der Waals surface area contributed by atoms with Gasteiger partial charge in [0, 0.05) is 19.0 Å². The molecule has 7 heteroatoms. The number of carboxylic acids is 1. The third kappa shape index (κ3) is 3.63. The summed E-state index contributed by atoms with van der Waals surface area (Å²) in [5.74, 6) is -1.16. The molecular formula is C27H30N2O5. The van der Waals surface area contributed by atoms with E-state index < -0.39 is 28.9 Å². The number of likely N-dealkylation sites (tertiary alicyclic amines) is 1. The standard InChI is InChI=1S/C27H30N2O5/c1-26(2,3)22(23(30)29-13-16-12-27(16,15-29)24(31)32)28-25(33)34-14-21-19-10-6-4-8-17(19)18-9-5-7-11-20(18)21/h4-11,16,21-22H,12-15H2,1-3H3,(H,28,33)(H,31,32)/t16?,22-,27?/m1/s1. The van der Waals surface area contributed by atoms with Crippen LogP contribution >= 0.6 is 0 Å². The molecule has 34 heavy (non-hydrogen) atoms. The average Bonchev–Trinajstić information content (AvgIpc) is 3.23. The van der Waals surface area contributed by atoms with Crippen LogP contribution in [0.25, 0.3) is 11.1 Å². The zero-order chi connectivity index (χ0) is 24.3. The first-order chi connectivity index (χ1) is 16.1. The number of benzene rings is 2. The van der Waals surface area contributed by atoms with E-state index in [2.05, 4.69) is 29.6 Å². The molecule has 2 aliphatic carbocycles. The highest BCUT2D eigenvalue weighted by Gasteiger charge is 2.66. The van der Waals surface area contributed by atoms with Crippen molar-refractivity contribution in [2.24, 2.45) is 16.7 Å². The number of carbonyl (C=O) groups excluding carboxylic acids is 2. The summed E-state index contributed by atoms with van der Waals surface area (Å²) in [5.41, 5.74) is 3.17. The van der Waals surface area contributed by atoms with Crippen LogP contribution < -0.4 is 5.32 Å². The number of fused-ring (bicyclic) bond motifs is 4. The van der Waals surface area contributed by atoms with E-state index in [9.17, 15) is 19.5 Å². The molecule has 1 aliphatic heterocycles. The van der Waals surface area contributed by atoms with E-state index in [1.165, 1.54) is 0 Å². The number of rotatable bonds is 5. The van der Waals surface area contributed by atoms with E-state index in [1.54, 1.807) is 4.90 Å². The lowest BCUT2D eigenvalue weighted by molar-refractivity contribution is -0.144. The van der Waals surface area contributed by atoms with Crippen molar-refractivity contribution in [3.8, 4) is 11.1 Å². The predicted molar refractivity (Wildman–Crippen MR) is 126 cm³/mol. The molecule has 0 radical (unpaired) electrons. The van der Waals surface area contributed by atoms with Gasteiger partial charge in [-0.2, -0.15) is 0 Å². The Kier molecular flexibility index (Phi) is 5.19. The largest absolute Gasteiger partial charge is 0.481 e. The monoisotopic (exact) mass is 462 g/mol. The second-order valence-corrected chi connectivity index (χ2v) is 10.9. The minimum absolute atomic E-state index is 0.00372. The Balaban J connectivity index is 1.27. The van der Waals surface area contributed by atoms with Crippen molar-refractivity contribution in [1.29, 1.82) is 0 Å². The summed E-state index contributed by atoms with van der Waals surface area (Å²) in [4.78, 5) is 39.4. The second-order valence-electron chi connectivity index (χ2n) is 10.9. The van der Waals surface area contributed by atoms with Gasteiger partial charge in [0.15, 0.2) is 0 Å². The van der Waals surface area contributed by atoms with Gasteiger partial charge < -0.3 is 20.1 Å². The van der Waals surface area contributed by atoms with Crippen LogP contribution in [0.4, 0.5) is 4.79 Å². The fourth-order valence-electron chi connectivity index (χ4n) is 5.57. The highest BCUT2D eigenvalue weighted by molar-refractivity contribution is 5.89. The lowest BCUT2D eigenvalue weighted by Gasteiger charge is -2.34. The third-order valence-electron chi connectivity index (χ3n) is 7.60. The minimum Gasteiger partial charge on any atom is -0.481 e. The first kappa shape index (κ1) is 22.4. The topological polar surface area (TPSA) is 95.9 Å². The molecule has 2 N–H and O–H groups in total. The number of carbonyl (C=O) groups is 3. The van der Waals surface area contributed by atoms with Crippen LogP contribution in [0.2, 0.25) is 0 Å². The third-order valence-corrected chi connectivity index (χ3v) is 7.60. The molecule has 2 aromatic carbocycles. The van der Waals surface area contributed by atoms with E-state index in [0.717, 1.165) is 22.3 Å². The number of amides is 2. The maximum Gasteiger partial charge on any atom is 0.407 e. The summed E-state index contributed by atoms with van der Waals surface area (Å²) in [6, 6.07) is 15.4. The number of nitrogens with zero attached hydrogens (tertiary/aromatic N) is 1. The number of nitrogens with one attached hydrogen (secondary N) is 1. The van der Waals surface area contributed by atoms with E-state index in [1.807, 2.05) is 45.0 Å². The van der Waals surface area contributed by atoms with Gasteiger partial charge in [-0.3, -0.25) is 9.59 Å². The molecule has 0 spiro atoms. The molecule has 0 bridgehead atoms. The molecule has 2 amide bonds. The van der Waals surface area contributed by atoms with Crippen LogP contribution in [0.1, 0.15) is 44.2 Å². The normalized spacial score (nSPS) is 23.5. The predicted octanol–water partition coefficient (Wildman–Crippen LogP) is 3.87. The maximum absolute atomic E-state index is 13.3. The molecule has 3 atom stereocenters. The summed E-state index contributed by atoms with van der Waals surface area (Å²) >= 11 is 0. The van der Waals surface area contributed by atoms with Gasteiger partial charge in [-0.05, 0) is 40.0 Å². The van der Waals surface area contributed by atoms with Gasteiger partial charge in [0.25, 0.3) is 0 Å². The van der Waals surface area contributed by atoms with Crippen molar-refractivity contribution in [2.45, 2.75) is 39.2 Å². The van der Waals surface area contributed by atoms with Gasteiger partial charge >= 0.3 is 12.1 Å². The Bertz CT molecular complexity index is 1120. The summed E-state index contributed by atoms with van der Waals surface area (Å²) < 4.78 is 5.65. The number of alkyl carbamates (subject to hydrolysis) is 1. The lowest BCUT2D eigenvalue weighted by atomic mass is 9.85. The van der Waals surface area contributed by atoms with Crippen molar-refractivity contribution >= 4 is 18.0 Å². The van der Waals surface area contributed by atoms with E-state index in [-0.39, 0.29) is 30.9 Å². The number of hydrogen-bond acceptors (Lipinski definition) is 4. The molecule has 1 saturated carbocycles. The van der Waals surface area contributed by atoms with Crippen molar-refractivity contribution in [1.82, 2.24) is 10.2 Å². The van der Waals surface area contributed by atoms with Crippen molar-refractivity contribution in [3.63, 3.8) is 0 Å². The molecule has 3 aliphatic rings. The quantitative estimate of drug-likeness (QED) is 0.703. The van der Waals surface area contributed by atoms with Gasteiger partial charge in [-0.25, -0.2) is 4.79 Å². The molecule has 2 fully saturated rings. The van der Waals surface area contributed by atoms with E-state index in [4.69, 9.17) is 4.74 Å². The molecule has 178 valence electrons. The van der Waals surface area contributed by atoms with E-state index >= 15 is 0 Å². The molecule has 5 rings (SSSR count). The van der Waals surface area contributed by atoms with Gasteiger partial charge in [0.05, 0.1) is 5.41 Å². The van der Waals surface area contributed by atoms with Crippen LogP contribution in [0.15, 0.2) is 48.5 Å². The Morgan fingerprint density at radius 3 is 2.21 bits per heavy atom. The van der Waals surface area contributed by atoms with Gasteiger partial charge in [-0.15, -0.1) is 0 Å². The average molecular weight is 463 g/mol. The summed E-state index contributed by atoms with van der Waals surface area (Å²) in [6.45, 7) is 6.42. The van der Waals surface area contributed by atoms with Crippen LogP contribution in [-0.4, -0.2) is 53.7 Å². The molecule has 2 aromatic rings. The summed E-state index contributed by atoms with van der Waals surface area (Å²) in [7, 11) is 0. The maximum atomic E-state index is 13.3. The second kappa shape index (κ2) is 7.86. The lowest BCUT2D eigenvalue weighted by Crippen LogP contribution is -2.55. The van der Waals surface area contributed by atoms with Crippen LogP contribution in [0, 0.1) is 16.7 Å². The Labute approximate surface area is 199 Å². The molecular weight excluding hydrogens is 432 g/mol. The number of piperidine rings is 1. The molecule has 2 unspecified atom stereocenters. The summed E-state index contributed by atoms with van der Waals surface area (Å²) in [5, 5.41) is 12.3. The smallest absolute Gasteiger partial charge is 0.407 e. The molecule has 0 aromatic heterocycles. The highest BCUT2D eigenvalue weighted by Crippen LogP contribution is 2.58. The number of hydrogen-bond donors (Lipinski definition) is 2. The van der Waals surface area contributed by atoms with Gasteiger partial charge in [0.1, 0.15) is 12.6 Å². The number of aliphatic carboxylic acids is 1. The molecule has 1 heterocycles. The summed E-state index contributed by atoms with van der Waals surface area (Å²) in [6.07, 6.45) is -0.0287. The molecule has 1 saturated heterocycles. The number of carboxylic acid groups (broad SMARTS) is 1. The van der Waals surface area contributed by atoms with Crippen LogP contribution in [0.5, 0.6) is 0 Å². The zero-order valence-electron chi connectivity index (χ0n) is 19.7. The fraction of sp³-hybridized carbons (Fsp3) is 0.444. The first-order valence-corrected chi connectivity index (χ1v) is 11.8.